The highest BCUT2D eigenvalue weighted by Gasteiger charge is 2.25. The van der Waals surface area contributed by atoms with Gasteiger partial charge in [0.2, 0.25) is 0 Å². The van der Waals surface area contributed by atoms with E-state index in [1.54, 1.807) is 6.08 Å². The van der Waals surface area contributed by atoms with Crippen molar-refractivity contribution >= 4 is 5.97 Å². The molecule has 0 bridgehead atoms. The van der Waals surface area contributed by atoms with Gasteiger partial charge >= 0.3 is 5.97 Å². The summed E-state index contributed by atoms with van der Waals surface area (Å²) in [5.74, 6) is 2.86. The quantitative estimate of drug-likeness (QED) is 0.358. The molecule has 2 nitrogen and oxygen atoms in total. The zero-order valence-electron chi connectivity index (χ0n) is 15.8. The van der Waals surface area contributed by atoms with Crippen molar-refractivity contribution in [3.8, 4) is 0 Å². The molecule has 24 heavy (non-hydrogen) atoms. The first-order valence-corrected chi connectivity index (χ1v) is 10.5. The highest BCUT2D eigenvalue weighted by atomic mass is 16.5. The van der Waals surface area contributed by atoms with Gasteiger partial charge in [0.15, 0.2) is 0 Å². The second-order valence-electron chi connectivity index (χ2n) is 8.21. The fourth-order valence-electron chi connectivity index (χ4n) is 4.69. The monoisotopic (exact) mass is 334 g/mol. The molecule has 0 N–H and O–H groups in total. The Hall–Kier alpha value is -0.790. The maximum atomic E-state index is 11.7. The number of esters is 1. The van der Waals surface area contributed by atoms with Crippen molar-refractivity contribution in [3.05, 3.63) is 12.7 Å². The van der Waals surface area contributed by atoms with Crippen molar-refractivity contribution in [2.24, 2.45) is 17.8 Å². The van der Waals surface area contributed by atoms with Gasteiger partial charge < -0.3 is 4.74 Å². The molecule has 0 aromatic carbocycles. The third-order valence-corrected chi connectivity index (χ3v) is 6.29. The highest BCUT2D eigenvalue weighted by Crippen LogP contribution is 2.37. The summed E-state index contributed by atoms with van der Waals surface area (Å²) in [6.45, 7) is 5.97. The number of carbonyl (C=O) groups is 1. The first kappa shape index (κ1) is 19.5. The van der Waals surface area contributed by atoms with Crippen molar-refractivity contribution in [2.45, 2.75) is 103 Å². The lowest BCUT2D eigenvalue weighted by molar-refractivity contribution is -0.150. The van der Waals surface area contributed by atoms with Crippen LogP contribution in [0.5, 0.6) is 0 Å². The summed E-state index contributed by atoms with van der Waals surface area (Å²) in [6.07, 6.45) is 19.4. The Morgan fingerprint density at radius 3 is 1.92 bits per heavy atom. The van der Waals surface area contributed by atoms with E-state index in [0.717, 1.165) is 37.0 Å². The van der Waals surface area contributed by atoms with E-state index < -0.39 is 0 Å². The maximum absolute atomic E-state index is 11.7. The third kappa shape index (κ3) is 6.99. The van der Waals surface area contributed by atoms with Crippen molar-refractivity contribution in [1.29, 1.82) is 0 Å². The van der Waals surface area contributed by atoms with E-state index in [1.165, 1.54) is 64.2 Å². The SMILES string of the molecule is C=CCCC(=O)OC1CCC(CCC2CCC(CCC)CC2)CC1. The van der Waals surface area contributed by atoms with Crippen molar-refractivity contribution in [3.63, 3.8) is 0 Å². The Labute approximate surface area is 149 Å². The van der Waals surface area contributed by atoms with Crippen LogP contribution >= 0.6 is 0 Å². The second kappa shape index (κ2) is 10.9. The summed E-state index contributed by atoms with van der Waals surface area (Å²) in [5, 5.41) is 0. The number of hydrogen-bond acceptors (Lipinski definition) is 2. The molecule has 2 rings (SSSR count). The summed E-state index contributed by atoms with van der Waals surface area (Å²) < 4.78 is 5.58. The second-order valence-corrected chi connectivity index (χ2v) is 8.21. The molecule has 2 aliphatic rings. The molecule has 2 aliphatic carbocycles. The molecule has 0 unspecified atom stereocenters. The fraction of sp³-hybridized carbons (Fsp3) is 0.864. The molecule has 0 atom stereocenters. The minimum Gasteiger partial charge on any atom is -0.462 e. The molecule has 138 valence electrons. The average molecular weight is 335 g/mol. The van der Waals surface area contributed by atoms with E-state index in [1.807, 2.05) is 0 Å². The predicted molar refractivity (Wildman–Crippen MR) is 101 cm³/mol. The smallest absolute Gasteiger partial charge is 0.306 e. The van der Waals surface area contributed by atoms with Gasteiger partial charge in [0.05, 0.1) is 0 Å². The maximum Gasteiger partial charge on any atom is 0.306 e. The van der Waals surface area contributed by atoms with Gasteiger partial charge in [-0.1, -0.05) is 64.4 Å². The molecular weight excluding hydrogens is 296 g/mol. The standard InChI is InChI=1S/C22H38O2/c1-3-5-7-22(23)24-21-16-14-20(15-17-21)13-12-19-10-8-18(6-4-2)9-11-19/h3,18-21H,1,4-17H2,2H3. The molecule has 0 saturated heterocycles. The van der Waals surface area contributed by atoms with Crippen LogP contribution in [0.15, 0.2) is 12.7 Å². The van der Waals surface area contributed by atoms with Crippen LogP contribution in [0.1, 0.15) is 96.8 Å². The number of hydrogen-bond donors (Lipinski definition) is 0. The molecule has 2 heteroatoms. The lowest BCUT2D eigenvalue weighted by Crippen LogP contribution is -2.25. The van der Waals surface area contributed by atoms with E-state index in [2.05, 4.69) is 13.5 Å². The number of ether oxygens (including phenoxy) is 1. The van der Waals surface area contributed by atoms with E-state index >= 15 is 0 Å². The van der Waals surface area contributed by atoms with Crippen LogP contribution in [-0.4, -0.2) is 12.1 Å². The lowest BCUT2D eigenvalue weighted by Gasteiger charge is -2.31. The minimum atomic E-state index is -0.0396. The van der Waals surface area contributed by atoms with Crippen molar-refractivity contribution < 1.29 is 9.53 Å². The molecule has 2 fully saturated rings. The third-order valence-electron chi connectivity index (χ3n) is 6.29. The van der Waals surface area contributed by atoms with Crippen LogP contribution in [0.4, 0.5) is 0 Å². The van der Waals surface area contributed by atoms with Gasteiger partial charge in [-0.05, 0) is 49.9 Å². The van der Waals surface area contributed by atoms with Crippen LogP contribution in [0.2, 0.25) is 0 Å². The Morgan fingerprint density at radius 2 is 1.42 bits per heavy atom. The van der Waals surface area contributed by atoms with Gasteiger partial charge in [0.1, 0.15) is 6.10 Å². The Morgan fingerprint density at radius 1 is 0.917 bits per heavy atom. The van der Waals surface area contributed by atoms with E-state index in [-0.39, 0.29) is 12.1 Å². The Bertz CT molecular complexity index is 360. The van der Waals surface area contributed by atoms with Gasteiger partial charge in [-0.3, -0.25) is 4.79 Å². The van der Waals surface area contributed by atoms with Gasteiger partial charge in [0, 0.05) is 6.42 Å². The Balaban J connectivity index is 1.55. The van der Waals surface area contributed by atoms with Crippen LogP contribution < -0.4 is 0 Å². The molecule has 0 radical (unpaired) electrons. The molecule has 0 spiro atoms. The molecule has 0 aromatic heterocycles. The molecule has 2 saturated carbocycles. The molecule has 0 amide bonds. The van der Waals surface area contributed by atoms with E-state index in [0.29, 0.717) is 6.42 Å². The number of allylic oxidation sites excluding steroid dienone is 1. The lowest BCUT2D eigenvalue weighted by atomic mass is 9.76. The van der Waals surface area contributed by atoms with Crippen LogP contribution in [0, 0.1) is 17.8 Å². The van der Waals surface area contributed by atoms with E-state index in [9.17, 15) is 4.79 Å². The summed E-state index contributed by atoms with van der Waals surface area (Å²) in [6, 6.07) is 0. The molecule has 0 aromatic rings. The fourth-order valence-corrected chi connectivity index (χ4v) is 4.69. The first-order valence-electron chi connectivity index (χ1n) is 10.5. The normalized spacial score (nSPS) is 30.7. The van der Waals surface area contributed by atoms with Crippen LogP contribution in [0.3, 0.4) is 0 Å². The molecule has 0 aliphatic heterocycles. The zero-order chi connectivity index (χ0) is 17.2. The first-order chi connectivity index (χ1) is 11.7. The minimum absolute atomic E-state index is 0.0396. The van der Waals surface area contributed by atoms with Crippen molar-refractivity contribution in [2.75, 3.05) is 0 Å². The average Bonchev–Trinajstić information content (AvgIpc) is 2.61. The number of rotatable bonds is 9. The summed E-state index contributed by atoms with van der Waals surface area (Å²) >= 11 is 0. The van der Waals surface area contributed by atoms with Crippen LogP contribution in [-0.2, 0) is 9.53 Å². The van der Waals surface area contributed by atoms with Gasteiger partial charge in [0.25, 0.3) is 0 Å². The summed E-state index contributed by atoms with van der Waals surface area (Å²) in [4.78, 5) is 11.7. The molecule has 0 heterocycles. The largest absolute Gasteiger partial charge is 0.462 e. The van der Waals surface area contributed by atoms with Crippen LogP contribution in [0.25, 0.3) is 0 Å². The Kier molecular flexibility index (Phi) is 8.91. The van der Waals surface area contributed by atoms with E-state index in [4.69, 9.17) is 4.74 Å². The number of carbonyl (C=O) groups excluding carboxylic acids is 1. The van der Waals surface area contributed by atoms with Gasteiger partial charge in [-0.25, -0.2) is 0 Å². The van der Waals surface area contributed by atoms with Gasteiger partial charge in [-0.15, -0.1) is 6.58 Å². The predicted octanol–water partition coefficient (Wildman–Crippen LogP) is 6.44. The highest BCUT2D eigenvalue weighted by molar-refractivity contribution is 5.69. The topological polar surface area (TPSA) is 26.3 Å². The summed E-state index contributed by atoms with van der Waals surface area (Å²) in [5.41, 5.74) is 0. The summed E-state index contributed by atoms with van der Waals surface area (Å²) in [7, 11) is 0. The van der Waals surface area contributed by atoms with Gasteiger partial charge in [-0.2, -0.15) is 0 Å². The van der Waals surface area contributed by atoms with Crippen molar-refractivity contribution in [1.82, 2.24) is 0 Å². The molecular formula is C22H38O2. The zero-order valence-corrected chi connectivity index (χ0v) is 15.8.